The van der Waals surface area contributed by atoms with Crippen LogP contribution >= 0.6 is 0 Å². The highest BCUT2D eigenvalue weighted by Crippen LogP contribution is 2.45. The molecule has 1 atom stereocenters. The van der Waals surface area contributed by atoms with E-state index in [1.807, 2.05) is 13.2 Å². The maximum Gasteiger partial charge on any atom is 0.431 e. The Bertz CT molecular complexity index is 1240. The predicted octanol–water partition coefficient (Wildman–Crippen LogP) is 3.72. The van der Waals surface area contributed by atoms with Gasteiger partial charge in [0.15, 0.2) is 5.82 Å². The fourth-order valence-corrected chi connectivity index (χ4v) is 4.61. The molecule has 2 aliphatic heterocycles. The summed E-state index contributed by atoms with van der Waals surface area (Å²) in [5, 5.41) is 6.71. The predicted molar refractivity (Wildman–Crippen MR) is 127 cm³/mol. The number of nitrogens with one attached hydrogen (secondary N) is 2. The van der Waals surface area contributed by atoms with Gasteiger partial charge in [-0.1, -0.05) is 12.7 Å². The van der Waals surface area contributed by atoms with Crippen LogP contribution in [0.5, 0.6) is 0 Å². The van der Waals surface area contributed by atoms with Crippen molar-refractivity contribution in [3.63, 3.8) is 0 Å². The number of amidine groups is 1. The fraction of sp³-hybridized carbons (Fsp3) is 0.417. The molecule has 7 nitrogen and oxygen atoms in total. The number of aromatic nitrogens is 3. The highest BCUT2D eigenvalue weighted by atomic mass is 19.4. The number of allylic oxidation sites excluding steroid dienone is 3. The Morgan fingerprint density at radius 2 is 2.03 bits per heavy atom. The molecule has 3 aliphatic rings. The summed E-state index contributed by atoms with van der Waals surface area (Å²) in [6.45, 7) is 5.62. The number of likely N-dealkylation sites (N-methyl/N-ethyl adjacent to an activating group) is 1. The van der Waals surface area contributed by atoms with Crippen LogP contribution in [0.15, 0.2) is 47.4 Å². The number of pyridine rings is 1. The quantitative estimate of drug-likeness (QED) is 0.695. The third kappa shape index (κ3) is 3.96. The lowest BCUT2D eigenvalue weighted by molar-refractivity contribution is -0.0944. The van der Waals surface area contributed by atoms with Crippen molar-refractivity contribution in [1.82, 2.24) is 25.6 Å². The van der Waals surface area contributed by atoms with Crippen molar-refractivity contribution >= 4 is 28.1 Å². The molecular weight excluding hydrogens is 443 g/mol. The molecule has 1 saturated carbocycles. The first kappa shape index (κ1) is 22.5. The molecule has 4 heterocycles. The third-order valence-corrected chi connectivity index (χ3v) is 6.61. The van der Waals surface area contributed by atoms with E-state index in [9.17, 15) is 13.2 Å². The Morgan fingerprint density at radius 3 is 2.65 bits per heavy atom. The van der Waals surface area contributed by atoms with Crippen LogP contribution in [0.3, 0.4) is 0 Å². The number of aliphatic imine (C=N–C) groups is 1. The first-order valence-electron chi connectivity index (χ1n) is 11.3. The average Bonchev–Trinajstić information content (AvgIpc) is 3.33. The lowest BCUT2D eigenvalue weighted by Crippen LogP contribution is -2.34. The number of rotatable bonds is 5. The highest BCUT2D eigenvalue weighted by molar-refractivity contribution is 6.12. The molecule has 0 radical (unpaired) electrons. The van der Waals surface area contributed by atoms with Crippen LogP contribution in [-0.4, -0.2) is 60.2 Å². The van der Waals surface area contributed by atoms with E-state index < -0.39 is 11.9 Å². The molecule has 178 valence electrons. The van der Waals surface area contributed by atoms with Crippen molar-refractivity contribution in [3.05, 3.63) is 53.8 Å². The first-order valence-corrected chi connectivity index (χ1v) is 11.3. The van der Waals surface area contributed by atoms with E-state index >= 15 is 0 Å². The maximum atomic E-state index is 13.4. The highest BCUT2D eigenvalue weighted by Gasteiger charge is 2.39. The standard InChI is InChI=1S/C24H26F3N7/c1-4-15(16-9-19(24(25,26)27)32-21(16)28-2)22-31-18-12-30-11-17(13-5-6-13)20(18)23(33-22)34(3)14-7-8-29-10-14/h4,9,11-14,29H,1,5-8,10H2,2-3H3,(H,28,32)/b16-15+. The van der Waals surface area contributed by atoms with E-state index in [-0.39, 0.29) is 17.5 Å². The molecule has 0 amide bonds. The number of alkyl halides is 3. The Balaban J connectivity index is 1.73. The lowest BCUT2D eigenvalue weighted by atomic mass is 10.0. The maximum absolute atomic E-state index is 13.4. The number of fused-ring (bicyclic) bond motifs is 1. The molecule has 2 fully saturated rings. The topological polar surface area (TPSA) is 78.3 Å². The summed E-state index contributed by atoms with van der Waals surface area (Å²) in [6.07, 6.45) is 4.76. The van der Waals surface area contributed by atoms with Crippen molar-refractivity contribution in [1.29, 1.82) is 0 Å². The molecule has 1 saturated heterocycles. The van der Waals surface area contributed by atoms with Gasteiger partial charge < -0.3 is 15.5 Å². The Kier molecular flexibility index (Phi) is 5.63. The van der Waals surface area contributed by atoms with Gasteiger partial charge >= 0.3 is 6.18 Å². The molecule has 0 aromatic carbocycles. The van der Waals surface area contributed by atoms with Crippen LogP contribution < -0.4 is 15.5 Å². The van der Waals surface area contributed by atoms with E-state index in [4.69, 9.17) is 9.97 Å². The van der Waals surface area contributed by atoms with Crippen molar-refractivity contribution in [2.24, 2.45) is 4.99 Å². The first-order chi connectivity index (χ1) is 16.3. The summed E-state index contributed by atoms with van der Waals surface area (Å²) in [5.41, 5.74) is 1.55. The zero-order valence-corrected chi connectivity index (χ0v) is 19.1. The van der Waals surface area contributed by atoms with E-state index in [2.05, 4.69) is 32.1 Å². The minimum absolute atomic E-state index is 0.102. The molecule has 34 heavy (non-hydrogen) atoms. The third-order valence-electron chi connectivity index (χ3n) is 6.61. The molecule has 0 spiro atoms. The van der Waals surface area contributed by atoms with Crippen LogP contribution in [0.1, 0.15) is 36.6 Å². The number of anilines is 1. The van der Waals surface area contributed by atoms with Gasteiger partial charge in [0, 0.05) is 49.4 Å². The fourth-order valence-electron chi connectivity index (χ4n) is 4.61. The second kappa shape index (κ2) is 8.50. The van der Waals surface area contributed by atoms with Crippen molar-refractivity contribution in [2.45, 2.75) is 37.4 Å². The zero-order valence-electron chi connectivity index (χ0n) is 19.1. The van der Waals surface area contributed by atoms with Crippen LogP contribution in [0.25, 0.3) is 16.5 Å². The summed E-state index contributed by atoms with van der Waals surface area (Å²) in [7, 11) is 3.45. The number of halogens is 3. The van der Waals surface area contributed by atoms with Gasteiger partial charge in [-0.3, -0.25) is 9.98 Å². The summed E-state index contributed by atoms with van der Waals surface area (Å²) in [6, 6.07) is 0.253. The molecule has 0 bridgehead atoms. The van der Waals surface area contributed by atoms with Crippen LogP contribution in [0.4, 0.5) is 19.0 Å². The molecule has 2 aromatic heterocycles. The van der Waals surface area contributed by atoms with Gasteiger partial charge in [0.1, 0.15) is 17.4 Å². The monoisotopic (exact) mass is 469 g/mol. The van der Waals surface area contributed by atoms with Gasteiger partial charge in [0.05, 0.1) is 11.7 Å². The summed E-state index contributed by atoms with van der Waals surface area (Å²) >= 11 is 0. The van der Waals surface area contributed by atoms with Crippen molar-refractivity contribution in [2.75, 3.05) is 32.1 Å². The van der Waals surface area contributed by atoms with Gasteiger partial charge in [-0.2, -0.15) is 13.2 Å². The second-order valence-corrected chi connectivity index (χ2v) is 8.81. The van der Waals surface area contributed by atoms with Crippen LogP contribution in [-0.2, 0) is 0 Å². The summed E-state index contributed by atoms with van der Waals surface area (Å²) in [5.74, 6) is 1.60. The van der Waals surface area contributed by atoms with E-state index in [0.717, 1.165) is 55.2 Å². The molecule has 5 rings (SSSR count). The van der Waals surface area contributed by atoms with Gasteiger partial charge in [-0.15, -0.1) is 0 Å². The molecule has 10 heteroatoms. The molecule has 1 unspecified atom stereocenters. The zero-order chi connectivity index (χ0) is 24.0. The lowest BCUT2D eigenvalue weighted by Gasteiger charge is -2.27. The Hall–Kier alpha value is -3.27. The van der Waals surface area contributed by atoms with Gasteiger partial charge in [-0.25, -0.2) is 9.97 Å². The van der Waals surface area contributed by atoms with Gasteiger partial charge in [0.25, 0.3) is 0 Å². The smallest absolute Gasteiger partial charge is 0.355 e. The second-order valence-electron chi connectivity index (χ2n) is 8.81. The normalized spacial score (nSPS) is 23.3. The molecule has 2 aromatic rings. The molecular formula is C24H26F3N7. The van der Waals surface area contributed by atoms with Crippen molar-refractivity contribution in [3.8, 4) is 0 Å². The van der Waals surface area contributed by atoms with E-state index in [1.165, 1.54) is 13.1 Å². The number of hydrogen-bond donors (Lipinski definition) is 2. The van der Waals surface area contributed by atoms with Crippen LogP contribution in [0, 0.1) is 0 Å². The molecule has 1 aliphatic carbocycles. The average molecular weight is 470 g/mol. The van der Waals surface area contributed by atoms with E-state index in [1.54, 1.807) is 6.20 Å². The Labute approximate surface area is 195 Å². The van der Waals surface area contributed by atoms with E-state index in [0.29, 0.717) is 22.8 Å². The molecule has 2 N–H and O–H groups in total. The number of hydrogen-bond acceptors (Lipinski definition) is 6. The minimum Gasteiger partial charge on any atom is -0.355 e. The largest absolute Gasteiger partial charge is 0.431 e. The van der Waals surface area contributed by atoms with Gasteiger partial charge in [0.2, 0.25) is 0 Å². The number of nitrogens with zero attached hydrogens (tertiary/aromatic N) is 5. The summed E-state index contributed by atoms with van der Waals surface area (Å²) < 4.78 is 40.2. The Morgan fingerprint density at radius 1 is 1.24 bits per heavy atom. The minimum atomic E-state index is -4.53. The van der Waals surface area contributed by atoms with Gasteiger partial charge in [-0.05, 0) is 43.4 Å². The summed E-state index contributed by atoms with van der Waals surface area (Å²) in [4.78, 5) is 20.3. The van der Waals surface area contributed by atoms with Crippen LogP contribution in [0.2, 0.25) is 0 Å². The van der Waals surface area contributed by atoms with Crippen molar-refractivity contribution < 1.29 is 13.2 Å². The SMILES string of the molecule is C=C/C(=C1/C=C(C(F)(F)F)NC1=NC)c1nc(N(C)C2CCNC2)c2c(C3CC3)cncc2n1.